The van der Waals surface area contributed by atoms with E-state index in [1.807, 2.05) is 36.9 Å². The first-order valence-electron chi connectivity index (χ1n) is 8.44. The Morgan fingerprint density at radius 3 is 2.76 bits per heavy atom. The van der Waals surface area contributed by atoms with Gasteiger partial charge in [-0.15, -0.1) is 11.3 Å². The molecule has 1 amide bonds. The molecular weight excluding hydrogens is 336 g/mol. The average molecular weight is 360 g/mol. The lowest BCUT2D eigenvalue weighted by atomic mass is 9.97. The Morgan fingerprint density at radius 1 is 1.32 bits per heavy atom. The first-order valence-corrected chi connectivity index (χ1v) is 9.26. The first kappa shape index (κ1) is 17.7. The van der Waals surface area contributed by atoms with E-state index in [2.05, 4.69) is 4.98 Å². The second-order valence-corrected chi connectivity index (χ2v) is 7.64. The lowest BCUT2D eigenvalue weighted by Gasteiger charge is -2.18. The first-order chi connectivity index (χ1) is 12.0. The number of ether oxygens (including phenoxy) is 2. The minimum absolute atomic E-state index is 0.177. The summed E-state index contributed by atoms with van der Waals surface area (Å²) in [4.78, 5) is 20.1. The number of nitrogens with zero attached hydrogens (tertiary/aromatic N) is 2. The molecule has 0 spiro atoms. The van der Waals surface area contributed by atoms with Gasteiger partial charge in [0.25, 0.3) is 0 Å². The highest BCUT2D eigenvalue weighted by Crippen LogP contribution is 2.36. The van der Waals surface area contributed by atoms with Gasteiger partial charge in [0.1, 0.15) is 11.5 Å². The molecule has 3 rings (SSSR count). The summed E-state index contributed by atoms with van der Waals surface area (Å²) in [7, 11) is 3.34. The zero-order valence-electron chi connectivity index (χ0n) is 15.2. The van der Waals surface area contributed by atoms with Crippen molar-refractivity contribution in [3.05, 3.63) is 39.3 Å². The van der Waals surface area contributed by atoms with E-state index in [1.165, 1.54) is 0 Å². The Morgan fingerprint density at radius 2 is 2.12 bits per heavy atom. The smallest absolute Gasteiger partial charge is 0.227 e. The normalized spacial score (nSPS) is 17.0. The van der Waals surface area contributed by atoms with E-state index >= 15 is 0 Å². The summed E-state index contributed by atoms with van der Waals surface area (Å²) < 4.78 is 10.8. The molecule has 1 saturated heterocycles. The molecule has 1 aromatic heterocycles. The Hall–Kier alpha value is -2.08. The highest BCUT2D eigenvalue weighted by atomic mass is 32.1. The summed E-state index contributed by atoms with van der Waals surface area (Å²) in [6, 6.07) is 5.85. The fraction of sp³-hybridized carbons (Fsp3) is 0.474. The predicted octanol–water partition coefficient (Wildman–Crippen LogP) is 3.34. The largest absolute Gasteiger partial charge is 0.497 e. The number of aromatic nitrogens is 1. The van der Waals surface area contributed by atoms with E-state index in [-0.39, 0.29) is 11.8 Å². The summed E-state index contributed by atoms with van der Waals surface area (Å²) >= 11 is 1.61. The molecule has 2 heterocycles. The van der Waals surface area contributed by atoms with Crippen LogP contribution in [0, 0.1) is 13.8 Å². The molecule has 0 N–H and O–H groups in total. The van der Waals surface area contributed by atoms with Crippen molar-refractivity contribution >= 4 is 17.2 Å². The lowest BCUT2D eigenvalue weighted by Crippen LogP contribution is -2.29. The van der Waals surface area contributed by atoms with E-state index in [0.717, 1.165) is 52.2 Å². The Balaban J connectivity index is 1.71. The van der Waals surface area contributed by atoms with E-state index in [1.54, 1.807) is 25.6 Å². The van der Waals surface area contributed by atoms with Crippen molar-refractivity contribution in [3.63, 3.8) is 0 Å². The van der Waals surface area contributed by atoms with Gasteiger partial charge in [0, 0.05) is 29.4 Å². The second kappa shape index (κ2) is 7.44. The van der Waals surface area contributed by atoms with Crippen LogP contribution in [0.5, 0.6) is 11.5 Å². The summed E-state index contributed by atoms with van der Waals surface area (Å²) in [6.07, 6.45) is 1.38. The number of aryl methyl sites for hydroxylation is 2. The summed E-state index contributed by atoms with van der Waals surface area (Å²) in [6.45, 7) is 5.45. The van der Waals surface area contributed by atoms with Crippen LogP contribution in [-0.2, 0) is 11.2 Å². The monoisotopic (exact) mass is 360 g/mol. The summed E-state index contributed by atoms with van der Waals surface area (Å²) in [5.41, 5.74) is 2.09. The number of hydrogen-bond acceptors (Lipinski definition) is 5. The predicted molar refractivity (Wildman–Crippen MR) is 98.8 cm³/mol. The zero-order valence-corrected chi connectivity index (χ0v) is 16.0. The molecule has 1 unspecified atom stereocenters. The van der Waals surface area contributed by atoms with Crippen molar-refractivity contribution in [2.24, 2.45) is 0 Å². The molecule has 1 fully saturated rings. The maximum absolute atomic E-state index is 12.7. The molecule has 1 atom stereocenters. The van der Waals surface area contributed by atoms with Crippen molar-refractivity contribution in [1.29, 1.82) is 0 Å². The van der Waals surface area contributed by atoms with Gasteiger partial charge in [-0.05, 0) is 38.5 Å². The van der Waals surface area contributed by atoms with Gasteiger partial charge in [-0.25, -0.2) is 4.98 Å². The zero-order chi connectivity index (χ0) is 18.0. The van der Waals surface area contributed by atoms with Crippen molar-refractivity contribution in [2.45, 2.75) is 32.6 Å². The minimum Gasteiger partial charge on any atom is -0.497 e. The number of thiazole rings is 1. The third-order valence-electron chi connectivity index (χ3n) is 4.73. The van der Waals surface area contributed by atoms with Gasteiger partial charge in [-0.3, -0.25) is 4.79 Å². The molecule has 1 aliphatic rings. The van der Waals surface area contributed by atoms with Crippen LogP contribution < -0.4 is 9.47 Å². The second-order valence-electron chi connectivity index (χ2n) is 6.35. The number of benzene rings is 1. The summed E-state index contributed by atoms with van der Waals surface area (Å²) in [5, 5.41) is 1.01. The third kappa shape index (κ3) is 3.79. The minimum atomic E-state index is 0.177. The van der Waals surface area contributed by atoms with Gasteiger partial charge in [-0.2, -0.15) is 0 Å². The van der Waals surface area contributed by atoms with Crippen molar-refractivity contribution in [3.8, 4) is 11.5 Å². The molecule has 0 saturated carbocycles. The fourth-order valence-corrected chi connectivity index (χ4v) is 4.31. The van der Waals surface area contributed by atoms with Crippen LogP contribution in [-0.4, -0.2) is 43.1 Å². The molecule has 0 aliphatic carbocycles. The van der Waals surface area contributed by atoms with Crippen molar-refractivity contribution in [1.82, 2.24) is 9.88 Å². The van der Waals surface area contributed by atoms with Crippen LogP contribution in [0.1, 0.15) is 33.5 Å². The van der Waals surface area contributed by atoms with Crippen LogP contribution in [0.25, 0.3) is 0 Å². The van der Waals surface area contributed by atoms with Gasteiger partial charge in [0.2, 0.25) is 5.91 Å². The van der Waals surface area contributed by atoms with E-state index < -0.39 is 0 Å². The average Bonchev–Trinajstić information content (AvgIpc) is 3.21. The van der Waals surface area contributed by atoms with Crippen LogP contribution in [0.2, 0.25) is 0 Å². The maximum Gasteiger partial charge on any atom is 0.227 e. The van der Waals surface area contributed by atoms with Crippen molar-refractivity contribution in [2.75, 3.05) is 27.3 Å². The fourth-order valence-electron chi connectivity index (χ4n) is 3.39. The number of likely N-dealkylation sites (tertiary alicyclic amines) is 1. The summed E-state index contributed by atoms with van der Waals surface area (Å²) in [5.74, 6) is 2.12. The molecule has 6 heteroatoms. The molecule has 1 aliphatic heterocycles. The van der Waals surface area contributed by atoms with E-state index in [0.29, 0.717) is 6.42 Å². The highest BCUT2D eigenvalue weighted by Gasteiger charge is 2.30. The molecule has 0 radical (unpaired) electrons. The Kier molecular flexibility index (Phi) is 5.27. The number of rotatable bonds is 5. The number of carbonyl (C=O) groups excluding carboxylic acids is 1. The van der Waals surface area contributed by atoms with Crippen molar-refractivity contribution < 1.29 is 14.3 Å². The molecule has 1 aromatic carbocycles. The number of carbonyl (C=O) groups is 1. The standard InChI is InChI=1S/C19H24N2O3S/c1-12-18(25-13(2)20-12)10-19(22)21-8-7-14(11-21)16-9-15(23-3)5-6-17(16)24-4/h5-6,9,14H,7-8,10-11H2,1-4H3. The lowest BCUT2D eigenvalue weighted by molar-refractivity contribution is -0.129. The van der Waals surface area contributed by atoms with Crippen LogP contribution in [0.15, 0.2) is 18.2 Å². The number of methoxy groups -OCH3 is 2. The SMILES string of the molecule is COc1ccc(OC)c(C2CCN(C(=O)Cc3sc(C)nc3C)C2)c1. The third-order valence-corrected chi connectivity index (χ3v) is 5.80. The topological polar surface area (TPSA) is 51.7 Å². The van der Waals surface area contributed by atoms with Gasteiger partial charge >= 0.3 is 0 Å². The molecule has 134 valence electrons. The Bertz CT molecular complexity index is 772. The number of amides is 1. The highest BCUT2D eigenvalue weighted by molar-refractivity contribution is 7.11. The maximum atomic E-state index is 12.7. The van der Waals surface area contributed by atoms with Gasteiger partial charge in [-0.1, -0.05) is 0 Å². The van der Waals surface area contributed by atoms with E-state index in [9.17, 15) is 4.79 Å². The van der Waals surface area contributed by atoms with Gasteiger partial charge < -0.3 is 14.4 Å². The molecule has 5 nitrogen and oxygen atoms in total. The quantitative estimate of drug-likeness (QED) is 0.821. The number of hydrogen-bond donors (Lipinski definition) is 0. The Labute approximate surface area is 152 Å². The van der Waals surface area contributed by atoms with Gasteiger partial charge in [0.05, 0.1) is 31.3 Å². The van der Waals surface area contributed by atoms with Gasteiger partial charge in [0.15, 0.2) is 0 Å². The molecule has 0 bridgehead atoms. The molecule has 25 heavy (non-hydrogen) atoms. The molecule has 2 aromatic rings. The van der Waals surface area contributed by atoms with E-state index in [4.69, 9.17) is 9.47 Å². The molecular formula is C19H24N2O3S. The van der Waals surface area contributed by atoms with Crippen LogP contribution in [0.3, 0.4) is 0 Å². The van der Waals surface area contributed by atoms with Crippen LogP contribution in [0.4, 0.5) is 0 Å². The van der Waals surface area contributed by atoms with Crippen LogP contribution >= 0.6 is 11.3 Å².